The molecule has 0 saturated carbocycles. The average molecular weight is 256 g/mol. The summed E-state index contributed by atoms with van der Waals surface area (Å²) in [6.45, 7) is 9.89. The number of methoxy groups -OCH3 is 1. The molecule has 18 heavy (non-hydrogen) atoms. The molecule has 0 aromatic carbocycles. The second kappa shape index (κ2) is 5.80. The van der Waals surface area contributed by atoms with Crippen molar-refractivity contribution in [3.8, 4) is 0 Å². The van der Waals surface area contributed by atoms with Crippen molar-refractivity contribution in [1.29, 1.82) is 0 Å². The Kier molecular flexibility index (Phi) is 4.87. The van der Waals surface area contributed by atoms with Gasteiger partial charge in [-0.05, 0) is 18.8 Å². The standard InChI is InChI=1S/C13H24N2O3/c1-7-9(8(2)16)12-14-11(15-18-12)10(17-6)13(3,4)5/h8-10,16H,7H2,1-6H3. The molecule has 5 heteroatoms. The monoisotopic (exact) mass is 256 g/mol. The van der Waals surface area contributed by atoms with E-state index in [1.54, 1.807) is 14.0 Å². The molecule has 104 valence electrons. The Bertz CT molecular complexity index is 369. The van der Waals surface area contributed by atoms with Gasteiger partial charge in [0.2, 0.25) is 11.7 Å². The second-order valence-corrected chi connectivity index (χ2v) is 5.73. The van der Waals surface area contributed by atoms with E-state index in [2.05, 4.69) is 30.9 Å². The summed E-state index contributed by atoms with van der Waals surface area (Å²) in [5.74, 6) is 0.900. The van der Waals surface area contributed by atoms with Gasteiger partial charge in [-0.15, -0.1) is 0 Å². The van der Waals surface area contributed by atoms with E-state index in [4.69, 9.17) is 9.26 Å². The van der Waals surface area contributed by atoms with Crippen molar-refractivity contribution in [3.05, 3.63) is 11.7 Å². The minimum absolute atomic E-state index is 0.109. The molecule has 5 nitrogen and oxygen atoms in total. The lowest BCUT2D eigenvalue weighted by Crippen LogP contribution is -2.21. The number of hydrogen-bond acceptors (Lipinski definition) is 5. The van der Waals surface area contributed by atoms with Crippen molar-refractivity contribution in [3.63, 3.8) is 0 Å². The van der Waals surface area contributed by atoms with Gasteiger partial charge >= 0.3 is 0 Å². The Labute approximate surface area is 109 Å². The van der Waals surface area contributed by atoms with E-state index < -0.39 is 6.10 Å². The van der Waals surface area contributed by atoms with Crippen LogP contribution in [-0.2, 0) is 4.74 Å². The Morgan fingerprint density at radius 2 is 2.00 bits per heavy atom. The Balaban J connectivity index is 2.98. The fourth-order valence-corrected chi connectivity index (χ4v) is 2.07. The van der Waals surface area contributed by atoms with Gasteiger partial charge in [0.1, 0.15) is 6.10 Å². The molecule has 3 unspecified atom stereocenters. The van der Waals surface area contributed by atoms with Crippen molar-refractivity contribution in [2.45, 2.75) is 59.2 Å². The molecule has 1 N–H and O–H groups in total. The second-order valence-electron chi connectivity index (χ2n) is 5.73. The zero-order valence-electron chi connectivity index (χ0n) is 12.1. The van der Waals surface area contributed by atoms with Crippen LogP contribution < -0.4 is 0 Å². The summed E-state index contributed by atoms with van der Waals surface area (Å²) in [7, 11) is 1.64. The molecule has 0 aliphatic heterocycles. The van der Waals surface area contributed by atoms with Crippen molar-refractivity contribution in [2.24, 2.45) is 5.41 Å². The third-order valence-corrected chi connectivity index (χ3v) is 3.05. The predicted molar refractivity (Wildman–Crippen MR) is 68.2 cm³/mol. The predicted octanol–water partition coefficient (Wildman–Crippen LogP) is 2.68. The number of ether oxygens (including phenoxy) is 1. The first kappa shape index (κ1) is 15.1. The molecular weight excluding hydrogens is 232 g/mol. The van der Waals surface area contributed by atoms with E-state index in [1.165, 1.54) is 0 Å². The molecule has 0 bridgehead atoms. The van der Waals surface area contributed by atoms with Crippen LogP contribution in [0.15, 0.2) is 4.52 Å². The first-order valence-corrected chi connectivity index (χ1v) is 6.35. The van der Waals surface area contributed by atoms with Crippen LogP contribution in [0.25, 0.3) is 0 Å². The van der Waals surface area contributed by atoms with Gasteiger partial charge in [-0.25, -0.2) is 0 Å². The number of aliphatic hydroxyl groups excluding tert-OH is 1. The molecule has 3 atom stereocenters. The van der Waals surface area contributed by atoms with E-state index in [1.807, 2.05) is 6.92 Å². The molecule has 1 aromatic heterocycles. The van der Waals surface area contributed by atoms with Gasteiger partial charge in [0.05, 0.1) is 12.0 Å². The quantitative estimate of drug-likeness (QED) is 0.877. The lowest BCUT2D eigenvalue weighted by Gasteiger charge is -2.26. The number of aromatic nitrogens is 2. The number of hydrogen-bond donors (Lipinski definition) is 1. The number of rotatable bonds is 5. The van der Waals surface area contributed by atoms with Crippen LogP contribution in [0.1, 0.15) is 64.8 Å². The smallest absolute Gasteiger partial charge is 0.232 e. The summed E-state index contributed by atoms with van der Waals surface area (Å²) in [6, 6.07) is 0. The third kappa shape index (κ3) is 3.29. The SMILES string of the molecule is CCC(c1nc(C(OC)C(C)(C)C)no1)C(C)O. The fraction of sp³-hybridized carbons (Fsp3) is 0.846. The minimum Gasteiger partial charge on any atom is -0.393 e. The number of aliphatic hydroxyl groups is 1. The van der Waals surface area contributed by atoms with Crippen LogP contribution in [0.3, 0.4) is 0 Å². The van der Waals surface area contributed by atoms with Crippen LogP contribution in [-0.4, -0.2) is 28.5 Å². The van der Waals surface area contributed by atoms with Gasteiger partial charge in [0.25, 0.3) is 0 Å². The lowest BCUT2D eigenvalue weighted by atomic mass is 9.88. The molecule has 1 aromatic rings. The molecule has 0 aliphatic carbocycles. The van der Waals surface area contributed by atoms with Crippen molar-refractivity contribution in [2.75, 3.05) is 7.11 Å². The molecule has 0 amide bonds. The molecule has 1 rings (SSSR count). The summed E-state index contributed by atoms with van der Waals surface area (Å²) >= 11 is 0. The summed E-state index contributed by atoms with van der Waals surface area (Å²) in [5.41, 5.74) is -0.109. The van der Waals surface area contributed by atoms with E-state index >= 15 is 0 Å². The van der Waals surface area contributed by atoms with Gasteiger partial charge in [0.15, 0.2) is 0 Å². The zero-order chi connectivity index (χ0) is 13.9. The van der Waals surface area contributed by atoms with Gasteiger partial charge < -0.3 is 14.4 Å². The topological polar surface area (TPSA) is 68.4 Å². The van der Waals surface area contributed by atoms with E-state index in [9.17, 15) is 5.11 Å². The highest BCUT2D eigenvalue weighted by atomic mass is 16.5. The fourth-order valence-electron chi connectivity index (χ4n) is 2.07. The van der Waals surface area contributed by atoms with Crippen LogP contribution in [0, 0.1) is 5.41 Å². The maximum atomic E-state index is 9.67. The Morgan fingerprint density at radius 1 is 1.39 bits per heavy atom. The first-order chi connectivity index (χ1) is 8.31. The first-order valence-electron chi connectivity index (χ1n) is 6.35. The molecule has 0 spiro atoms. The average Bonchev–Trinajstić information content (AvgIpc) is 2.66. The summed E-state index contributed by atoms with van der Waals surface area (Å²) < 4.78 is 10.7. The summed E-state index contributed by atoms with van der Waals surface area (Å²) in [5, 5.41) is 13.7. The van der Waals surface area contributed by atoms with Crippen molar-refractivity contribution < 1.29 is 14.4 Å². The Hall–Kier alpha value is -0.940. The zero-order valence-corrected chi connectivity index (χ0v) is 12.1. The van der Waals surface area contributed by atoms with Gasteiger partial charge in [0, 0.05) is 7.11 Å². The number of nitrogens with zero attached hydrogens (tertiary/aromatic N) is 2. The summed E-state index contributed by atoms with van der Waals surface area (Å²) in [4.78, 5) is 4.38. The maximum Gasteiger partial charge on any atom is 0.232 e. The van der Waals surface area contributed by atoms with Crippen LogP contribution >= 0.6 is 0 Å². The van der Waals surface area contributed by atoms with E-state index in [-0.39, 0.29) is 17.4 Å². The van der Waals surface area contributed by atoms with Crippen LogP contribution in [0.2, 0.25) is 0 Å². The molecular formula is C13H24N2O3. The molecule has 1 heterocycles. The highest BCUT2D eigenvalue weighted by Gasteiger charge is 2.32. The van der Waals surface area contributed by atoms with E-state index in [0.29, 0.717) is 11.7 Å². The molecule has 0 aliphatic rings. The molecule has 0 fully saturated rings. The van der Waals surface area contributed by atoms with Gasteiger partial charge in [-0.1, -0.05) is 32.9 Å². The molecule has 0 radical (unpaired) electrons. The minimum atomic E-state index is -0.501. The summed E-state index contributed by atoms with van der Waals surface area (Å²) in [6.07, 6.45) is 0.0346. The lowest BCUT2D eigenvalue weighted by molar-refractivity contribution is 0.00718. The molecule has 0 saturated heterocycles. The van der Waals surface area contributed by atoms with Crippen molar-refractivity contribution >= 4 is 0 Å². The highest BCUT2D eigenvalue weighted by molar-refractivity contribution is 5.00. The normalized spacial score (nSPS) is 17.5. The third-order valence-electron chi connectivity index (χ3n) is 3.05. The Morgan fingerprint density at radius 3 is 2.39 bits per heavy atom. The van der Waals surface area contributed by atoms with Crippen LogP contribution in [0.5, 0.6) is 0 Å². The highest BCUT2D eigenvalue weighted by Crippen LogP contribution is 2.34. The van der Waals surface area contributed by atoms with Crippen molar-refractivity contribution in [1.82, 2.24) is 10.1 Å². The van der Waals surface area contributed by atoms with Gasteiger partial charge in [-0.2, -0.15) is 4.98 Å². The van der Waals surface area contributed by atoms with Crippen LogP contribution in [0.4, 0.5) is 0 Å². The largest absolute Gasteiger partial charge is 0.393 e. The van der Waals surface area contributed by atoms with E-state index in [0.717, 1.165) is 6.42 Å². The maximum absolute atomic E-state index is 9.67. The van der Waals surface area contributed by atoms with Gasteiger partial charge in [-0.3, -0.25) is 0 Å².